The van der Waals surface area contributed by atoms with Crippen molar-refractivity contribution in [3.63, 3.8) is 0 Å². The molecule has 1 heterocycles. The van der Waals surface area contributed by atoms with Crippen molar-refractivity contribution in [1.82, 2.24) is 20.4 Å². The van der Waals surface area contributed by atoms with Crippen LogP contribution in [0.3, 0.4) is 0 Å². The van der Waals surface area contributed by atoms with Gasteiger partial charge in [0.25, 0.3) is 0 Å². The van der Waals surface area contributed by atoms with Gasteiger partial charge in [-0.25, -0.2) is 4.79 Å². The summed E-state index contributed by atoms with van der Waals surface area (Å²) in [6.07, 6.45) is 7.97. The number of piperidine rings is 1. The van der Waals surface area contributed by atoms with Crippen molar-refractivity contribution in [3.8, 4) is 0 Å². The van der Waals surface area contributed by atoms with Gasteiger partial charge in [0.1, 0.15) is 0 Å². The third-order valence-corrected chi connectivity index (χ3v) is 6.18. The van der Waals surface area contributed by atoms with Gasteiger partial charge >= 0.3 is 6.03 Å². The summed E-state index contributed by atoms with van der Waals surface area (Å²) in [6, 6.07) is 10.0. The standard InChI is InChI=1S/C23H36N4O2/c1-26(17-19-7-3-2-4-8-19)23(29)24-14-11-22(28)25-21-12-15-27(16-13-21)18-20-9-5-6-10-20/h2-4,7-8,20-21H,5-6,9-18H2,1H3,(H,24,29)(H,25,28). The average Bonchev–Trinajstić information content (AvgIpc) is 3.23. The van der Waals surface area contributed by atoms with Crippen LogP contribution in [0.15, 0.2) is 30.3 Å². The van der Waals surface area contributed by atoms with Crippen molar-refractivity contribution < 1.29 is 9.59 Å². The summed E-state index contributed by atoms with van der Waals surface area (Å²) in [7, 11) is 1.77. The lowest BCUT2D eigenvalue weighted by atomic mass is 10.0. The molecule has 2 N–H and O–H groups in total. The van der Waals surface area contributed by atoms with E-state index < -0.39 is 0 Å². The van der Waals surface area contributed by atoms with Gasteiger partial charge in [-0.05, 0) is 37.2 Å². The van der Waals surface area contributed by atoms with Crippen LogP contribution in [-0.4, -0.2) is 61.0 Å². The van der Waals surface area contributed by atoms with Crippen LogP contribution in [0.1, 0.15) is 50.5 Å². The maximum atomic E-state index is 12.2. The van der Waals surface area contributed by atoms with Crippen molar-refractivity contribution in [2.45, 2.75) is 57.5 Å². The Morgan fingerprint density at radius 1 is 1.07 bits per heavy atom. The van der Waals surface area contributed by atoms with Crippen LogP contribution < -0.4 is 10.6 Å². The molecule has 1 aliphatic carbocycles. The van der Waals surface area contributed by atoms with Crippen molar-refractivity contribution in [1.29, 1.82) is 0 Å². The fourth-order valence-electron chi connectivity index (χ4n) is 4.46. The van der Waals surface area contributed by atoms with Crippen LogP contribution in [0.25, 0.3) is 0 Å². The second-order valence-corrected chi connectivity index (χ2v) is 8.62. The summed E-state index contributed by atoms with van der Waals surface area (Å²) < 4.78 is 0. The monoisotopic (exact) mass is 400 g/mol. The van der Waals surface area contributed by atoms with E-state index in [1.807, 2.05) is 30.3 Å². The van der Waals surface area contributed by atoms with Gasteiger partial charge in [0.05, 0.1) is 0 Å². The molecular weight excluding hydrogens is 364 g/mol. The summed E-state index contributed by atoms with van der Waals surface area (Å²) in [5.41, 5.74) is 1.09. The van der Waals surface area contributed by atoms with E-state index >= 15 is 0 Å². The molecule has 1 aromatic carbocycles. The van der Waals surface area contributed by atoms with E-state index in [0.717, 1.165) is 37.4 Å². The predicted octanol–water partition coefficient (Wildman–Crippen LogP) is 2.99. The Bertz CT molecular complexity index is 638. The molecule has 1 saturated heterocycles. The molecular formula is C23H36N4O2. The first-order chi connectivity index (χ1) is 14.1. The molecule has 6 heteroatoms. The van der Waals surface area contributed by atoms with Gasteiger partial charge in [-0.1, -0.05) is 43.2 Å². The minimum absolute atomic E-state index is 0.0326. The molecule has 2 aliphatic rings. The lowest BCUT2D eigenvalue weighted by Crippen LogP contribution is -2.46. The van der Waals surface area contributed by atoms with Gasteiger partial charge in [-0.15, -0.1) is 0 Å². The fourth-order valence-corrected chi connectivity index (χ4v) is 4.46. The van der Waals surface area contributed by atoms with Gasteiger partial charge in [0.15, 0.2) is 0 Å². The van der Waals surface area contributed by atoms with Crippen molar-refractivity contribution in [2.24, 2.45) is 5.92 Å². The largest absolute Gasteiger partial charge is 0.353 e. The van der Waals surface area contributed by atoms with Gasteiger partial charge in [0, 0.05) is 52.2 Å². The zero-order valence-corrected chi connectivity index (χ0v) is 17.7. The quantitative estimate of drug-likeness (QED) is 0.705. The van der Waals surface area contributed by atoms with E-state index in [0.29, 0.717) is 19.5 Å². The molecule has 0 bridgehead atoms. The molecule has 6 nitrogen and oxygen atoms in total. The van der Waals surface area contributed by atoms with Crippen molar-refractivity contribution >= 4 is 11.9 Å². The van der Waals surface area contributed by atoms with Gasteiger partial charge < -0.3 is 20.4 Å². The zero-order chi connectivity index (χ0) is 20.5. The average molecular weight is 401 g/mol. The molecule has 0 aromatic heterocycles. The molecule has 0 radical (unpaired) electrons. The number of carbonyl (C=O) groups excluding carboxylic acids is 2. The third kappa shape index (κ3) is 7.35. The van der Waals surface area contributed by atoms with Crippen LogP contribution in [0, 0.1) is 5.92 Å². The van der Waals surface area contributed by atoms with Crippen molar-refractivity contribution in [2.75, 3.05) is 33.2 Å². The third-order valence-electron chi connectivity index (χ3n) is 6.18. The van der Waals surface area contributed by atoms with Crippen LogP contribution in [0.5, 0.6) is 0 Å². The predicted molar refractivity (Wildman–Crippen MR) is 115 cm³/mol. The highest BCUT2D eigenvalue weighted by atomic mass is 16.2. The first-order valence-electron chi connectivity index (χ1n) is 11.1. The minimum atomic E-state index is -0.151. The number of carbonyl (C=O) groups is 2. The van der Waals surface area contributed by atoms with Crippen molar-refractivity contribution in [3.05, 3.63) is 35.9 Å². The van der Waals surface area contributed by atoms with E-state index in [-0.39, 0.29) is 18.0 Å². The molecule has 1 aromatic rings. The van der Waals surface area contributed by atoms with E-state index in [9.17, 15) is 9.59 Å². The number of benzene rings is 1. The number of hydrogen-bond donors (Lipinski definition) is 2. The number of hydrogen-bond acceptors (Lipinski definition) is 3. The second-order valence-electron chi connectivity index (χ2n) is 8.62. The molecule has 1 saturated carbocycles. The van der Waals surface area contributed by atoms with Crippen LogP contribution in [0.2, 0.25) is 0 Å². The fraction of sp³-hybridized carbons (Fsp3) is 0.652. The molecule has 2 fully saturated rings. The number of urea groups is 1. The molecule has 1 aliphatic heterocycles. The lowest BCUT2D eigenvalue weighted by Gasteiger charge is -2.33. The van der Waals surface area contributed by atoms with Crippen LogP contribution in [0.4, 0.5) is 4.79 Å². The SMILES string of the molecule is CN(Cc1ccccc1)C(=O)NCCC(=O)NC1CCN(CC2CCCC2)CC1. The molecule has 0 atom stereocenters. The summed E-state index contributed by atoms with van der Waals surface area (Å²) in [5.74, 6) is 0.926. The maximum Gasteiger partial charge on any atom is 0.317 e. The Labute approximate surface area is 175 Å². The Balaban J connectivity index is 1.26. The highest BCUT2D eigenvalue weighted by Gasteiger charge is 2.24. The number of likely N-dealkylation sites (tertiary alicyclic amines) is 1. The number of nitrogens with zero attached hydrogens (tertiary/aromatic N) is 2. The van der Waals surface area contributed by atoms with Crippen LogP contribution >= 0.6 is 0 Å². The van der Waals surface area contributed by atoms with Gasteiger partial charge in [-0.2, -0.15) is 0 Å². The van der Waals surface area contributed by atoms with E-state index in [4.69, 9.17) is 0 Å². The summed E-state index contributed by atoms with van der Waals surface area (Å²) in [5, 5.41) is 5.98. The molecule has 0 spiro atoms. The maximum absolute atomic E-state index is 12.2. The number of rotatable bonds is 8. The minimum Gasteiger partial charge on any atom is -0.353 e. The number of nitrogens with one attached hydrogen (secondary N) is 2. The number of amides is 3. The highest BCUT2D eigenvalue weighted by molar-refractivity contribution is 5.78. The Morgan fingerprint density at radius 2 is 1.76 bits per heavy atom. The van der Waals surface area contributed by atoms with Gasteiger partial charge in [0.2, 0.25) is 5.91 Å². The topological polar surface area (TPSA) is 64.7 Å². The van der Waals surface area contributed by atoms with Crippen LogP contribution in [-0.2, 0) is 11.3 Å². The first kappa shape index (κ1) is 21.6. The summed E-state index contributed by atoms with van der Waals surface area (Å²) in [6.45, 7) is 4.33. The lowest BCUT2D eigenvalue weighted by molar-refractivity contribution is -0.122. The van der Waals surface area contributed by atoms with E-state index in [1.165, 1.54) is 32.2 Å². The molecule has 160 valence electrons. The molecule has 3 rings (SSSR count). The molecule has 0 unspecified atom stereocenters. The second kappa shape index (κ2) is 11.2. The first-order valence-corrected chi connectivity index (χ1v) is 11.1. The highest BCUT2D eigenvalue weighted by Crippen LogP contribution is 2.26. The zero-order valence-electron chi connectivity index (χ0n) is 17.7. The van der Waals surface area contributed by atoms with Gasteiger partial charge in [-0.3, -0.25) is 4.79 Å². The Morgan fingerprint density at radius 3 is 2.45 bits per heavy atom. The molecule has 3 amide bonds. The molecule has 29 heavy (non-hydrogen) atoms. The Kier molecular flexibility index (Phi) is 8.35. The summed E-state index contributed by atoms with van der Waals surface area (Å²) in [4.78, 5) is 28.6. The van der Waals surface area contributed by atoms with E-state index in [2.05, 4.69) is 15.5 Å². The summed E-state index contributed by atoms with van der Waals surface area (Å²) >= 11 is 0. The smallest absolute Gasteiger partial charge is 0.317 e. The normalized spacial score (nSPS) is 18.5. The van der Waals surface area contributed by atoms with E-state index in [1.54, 1.807) is 11.9 Å². The Hall–Kier alpha value is -2.08.